The van der Waals surface area contributed by atoms with Crippen LogP contribution in [0.4, 0.5) is 0 Å². The molecule has 0 saturated carbocycles. The lowest BCUT2D eigenvalue weighted by molar-refractivity contribution is -0.169. The summed E-state index contributed by atoms with van der Waals surface area (Å²) in [5.74, 6) is -2.45. The minimum absolute atomic E-state index is 0.0766. The van der Waals surface area contributed by atoms with Crippen LogP contribution in [-0.4, -0.2) is 24.1 Å². The van der Waals surface area contributed by atoms with Crippen molar-refractivity contribution >= 4 is 35.1 Å². The standard InChI is InChI=1S/C10H9Cl2NO4/c1-17-9(15)10(16,8(13)14)5-2-3-6(11)7(12)4-5/h2-4,16H,1H3,(H2,13,14). The van der Waals surface area contributed by atoms with Crippen molar-refractivity contribution in [2.24, 2.45) is 5.73 Å². The van der Waals surface area contributed by atoms with Gasteiger partial charge in [0.05, 0.1) is 17.2 Å². The zero-order chi connectivity index (χ0) is 13.2. The zero-order valence-electron chi connectivity index (χ0n) is 8.74. The molecule has 0 aliphatic heterocycles. The third-order valence-corrected chi connectivity index (χ3v) is 2.91. The normalized spacial score (nSPS) is 13.9. The summed E-state index contributed by atoms with van der Waals surface area (Å²) < 4.78 is 4.34. The van der Waals surface area contributed by atoms with E-state index in [-0.39, 0.29) is 15.6 Å². The summed E-state index contributed by atoms with van der Waals surface area (Å²) >= 11 is 11.4. The van der Waals surface area contributed by atoms with E-state index in [4.69, 9.17) is 28.9 Å². The largest absolute Gasteiger partial charge is 0.466 e. The van der Waals surface area contributed by atoms with Crippen LogP contribution in [0.25, 0.3) is 0 Å². The monoisotopic (exact) mass is 277 g/mol. The molecule has 7 heteroatoms. The molecule has 0 heterocycles. The fourth-order valence-electron chi connectivity index (χ4n) is 1.23. The van der Waals surface area contributed by atoms with Crippen LogP contribution < -0.4 is 5.73 Å². The maximum Gasteiger partial charge on any atom is 0.352 e. The van der Waals surface area contributed by atoms with Gasteiger partial charge in [0.1, 0.15) is 0 Å². The van der Waals surface area contributed by atoms with E-state index in [0.717, 1.165) is 7.11 Å². The Morgan fingerprint density at radius 3 is 2.35 bits per heavy atom. The molecule has 1 aromatic carbocycles. The first kappa shape index (κ1) is 13.8. The molecule has 5 nitrogen and oxygen atoms in total. The van der Waals surface area contributed by atoms with Gasteiger partial charge in [-0.15, -0.1) is 0 Å². The third kappa shape index (κ3) is 2.36. The first-order valence-electron chi connectivity index (χ1n) is 4.40. The molecule has 3 N–H and O–H groups in total. The molecule has 1 amide bonds. The van der Waals surface area contributed by atoms with E-state index >= 15 is 0 Å². The average Bonchev–Trinajstić information content (AvgIpc) is 2.30. The molecule has 0 bridgehead atoms. The number of ether oxygens (including phenoxy) is 1. The number of amides is 1. The Morgan fingerprint density at radius 2 is 1.94 bits per heavy atom. The molecular weight excluding hydrogens is 269 g/mol. The number of carbonyl (C=O) groups excluding carboxylic acids is 2. The minimum Gasteiger partial charge on any atom is -0.466 e. The molecule has 1 rings (SSSR count). The number of primary amides is 1. The summed E-state index contributed by atoms with van der Waals surface area (Å²) in [4.78, 5) is 22.6. The highest BCUT2D eigenvalue weighted by atomic mass is 35.5. The highest BCUT2D eigenvalue weighted by Crippen LogP contribution is 2.29. The van der Waals surface area contributed by atoms with Gasteiger partial charge in [0.25, 0.3) is 11.5 Å². The van der Waals surface area contributed by atoms with Crippen LogP contribution >= 0.6 is 23.2 Å². The molecule has 0 aliphatic rings. The molecule has 17 heavy (non-hydrogen) atoms. The number of hydrogen-bond acceptors (Lipinski definition) is 4. The Morgan fingerprint density at radius 1 is 1.35 bits per heavy atom. The summed E-state index contributed by atoms with van der Waals surface area (Å²) in [5.41, 5.74) is 2.32. The second kappa shape index (κ2) is 4.91. The number of carbonyl (C=O) groups is 2. The summed E-state index contributed by atoms with van der Waals surface area (Å²) in [6.45, 7) is 0. The van der Waals surface area contributed by atoms with Gasteiger partial charge >= 0.3 is 5.97 Å². The van der Waals surface area contributed by atoms with Crippen molar-refractivity contribution in [2.75, 3.05) is 7.11 Å². The number of nitrogens with two attached hydrogens (primary N) is 1. The Kier molecular flexibility index (Phi) is 3.98. The van der Waals surface area contributed by atoms with Crippen LogP contribution in [-0.2, 0) is 19.9 Å². The second-order valence-electron chi connectivity index (χ2n) is 3.20. The number of halogens is 2. The molecule has 1 atom stereocenters. The number of methoxy groups -OCH3 is 1. The van der Waals surface area contributed by atoms with Gasteiger partial charge in [-0.25, -0.2) is 4.79 Å². The lowest BCUT2D eigenvalue weighted by Crippen LogP contribution is -2.48. The van der Waals surface area contributed by atoms with Crippen molar-refractivity contribution < 1.29 is 19.4 Å². The number of esters is 1. The fourth-order valence-corrected chi connectivity index (χ4v) is 1.53. The number of benzene rings is 1. The Balaban J connectivity index is 3.38. The molecular formula is C10H9Cl2NO4. The van der Waals surface area contributed by atoms with Crippen LogP contribution in [0.1, 0.15) is 5.56 Å². The van der Waals surface area contributed by atoms with Gasteiger partial charge < -0.3 is 15.6 Å². The van der Waals surface area contributed by atoms with Crippen molar-refractivity contribution in [3.05, 3.63) is 33.8 Å². The van der Waals surface area contributed by atoms with Gasteiger partial charge in [0.2, 0.25) is 0 Å². The van der Waals surface area contributed by atoms with Crippen molar-refractivity contribution in [3.8, 4) is 0 Å². The van der Waals surface area contributed by atoms with Gasteiger partial charge in [0, 0.05) is 5.56 Å². The van der Waals surface area contributed by atoms with Gasteiger partial charge in [0.15, 0.2) is 0 Å². The lowest BCUT2D eigenvalue weighted by Gasteiger charge is -2.22. The second-order valence-corrected chi connectivity index (χ2v) is 4.01. The molecule has 1 aromatic rings. The number of hydrogen-bond donors (Lipinski definition) is 2. The number of rotatable bonds is 3. The van der Waals surface area contributed by atoms with E-state index in [1.165, 1.54) is 18.2 Å². The third-order valence-electron chi connectivity index (χ3n) is 2.17. The molecule has 0 spiro atoms. The summed E-state index contributed by atoms with van der Waals surface area (Å²) in [6.07, 6.45) is 0. The van der Waals surface area contributed by atoms with E-state index in [9.17, 15) is 14.7 Å². The number of aliphatic hydroxyl groups is 1. The predicted molar refractivity (Wildman–Crippen MR) is 61.6 cm³/mol. The Bertz CT molecular complexity index is 477. The highest BCUT2D eigenvalue weighted by Gasteiger charge is 2.46. The first-order chi connectivity index (χ1) is 7.83. The van der Waals surface area contributed by atoms with Gasteiger partial charge in [-0.05, 0) is 12.1 Å². The van der Waals surface area contributed by atoms with Gasteiger partial charge in [-0.3, -0.25) is 4.79 Å². The van der Waals surface area contributed by atoms with Crippen LogP contribution in [0.3, 0.4) is 0 Å². The predicted octanol–water partition coefficient (Wildman–Crippen LogP) is 0.839. The van der Waals surface area contributed by atoms with Crippen molar-refractivity contribution in [1.82, 2.24) is 0 Å². The van der Waals surface area contributed by atoms with Crippen LogP contribution in [0.2, 0.25) is 10.0 Å². The molecule has 0 fully saturated rings. The fraction of sp³-hybridized carbons (Fsp3) is 0.200. The summed E-state index contributed by atoms with van der Waals surface area (Å²) in [5, 5.41) is 10.3. The van der Waals surface area contributed by atoms with Gasteiger partial charge in [-0.2, -0.15) is 0 Å². The Labute approximate surface area is 107 Å². The minimum atomic E-state index is -2.58. The topological polar surface area (TPSA) is 89.6 Å². The average molecular weight is 278 g/mol. The van der Waals surface area contributed by atoms with E-state index < -0.39 is 17.5 Å². The maximum atomic E-state index is 11.4. The van der Waals surface area contributed by atoms with Crippen molar-refractivity contribution in [1.29, 1.82) is 0 Å². The van der Waals surface area contributed by atoms with E-state index in [0.29, 0.717) is 0 Å². The maximum absolute atomic E-state index is 11.4. The lowest BCUT2D eigenvalue weighted by atomic mass is 9.93. The van der Waals surface area contributed by atoms with E-state index in [1.54, 1.807) is 0 Å². The molecule has 0 aliphatic carbocycles. The summed E-state index contributed by atoms with van der Waals surface area (Å²) in [7, 11) is 1.02. The van der Waals surface area contributed by atoms with Crippen LogP contribution in [0.5, 0.6) is 0 Å². The molecule has 0 aromatic heterocycles. The molecule has 1 unspecified atom stereocenters. The highest BCUT2D eigenvalue weighted by molar-refractivity contribution is 6.42. The molecule has 0 radical (unpaired) electrons. The van der Waals surface area contributed by atoms with E-state index in [2.05, 4.69) is 4.74 Å². The van der Waals surface area contributed by atoms with E-state index in [1.807, 2.05) is 0 Å². The van der Waals surface area contributed by atoms with Gasteiger partial charge in [-0.1, -0.05) is 29.3 Å². The van der Waals surface area contributed by atoms with Crippen LogP contribution in [0.15, 0.2) is 18.2 Å². The Hall–Kier alpha value is -1.30. The summed E-state index contributed by atoms with van der Waals surface area (Å²) in [6, 6.07) is 3.76. The quantitative estimate of drug-likeness (QED) is 0.633. The van der Waals surface area contributed by atoms with Crippen molar-refractivity contribution in [3.63, 3.8) is 0 Å². The molecule has 92 valence electrons. The van der Waals surface area contributed by atoms with Crippen LogP contribution in [0, 0.1) is 0 Å². The first-order valence-corrected chi connectivity index (χ1v) is 5.15. The molecule has 0 saturated heterocycles. The zero-order valence-corrected chi connectivity index (χ0v) is 10.2. The smallest absolute Gasteiger partial charge is 0.352 e. The SMILES string of the molecule is COC(=O)C(O)(C(N)=O)c1ccc(Cl)c(Cl)c1. The van der Waals surface area contributed by atoms with Crippen molar-refractivity contribution in [2.45, 2.75) is 5.60 Å².